The quantitative estimate of drug-likeness (QED) is 0.339. The third kappa shape index (κ3) is 7.82. The van der Waals surface area contributed by atoms with E-state index in [1.54, 1.807) is 0 Å². The Kier molecular flexibility index (Phi) is 11.3. The zero-order valence-electron chi connectivity index (χ0n) is 21.6. The molecule has 0 amide bonds. The van der Waals surface area contributed by atoms with Crippen LogP contribution in [0, 0.1) is 11.8 Å². The number of carbonyl (C=O) groups is 2. The largest absolute Gasteiger partial charge is 0.463 e. The number of hydrogen-bond acceptors (Lipinski definition) is 7. The molecule has 7 nitrogen and oxygen atoms in total. The van der Waals surface area contributed by atoms with Gasteiger partial charge in [0.25, 0.3) is 0 Å². The van der Waals surface area contributed by atoms with Crippen LogP contribution in [0.2, 0.25) is 18.1 Å². The van der Waals surface area contributed by atoms with Crippen molar-refractivity contribution in [1.29, 1.82) is 0 Å². The molecule has 1 saturated heterocycles. The molecule has 0 bridgehead atoms. The molecule has 0 saturated carbocycles. The molecule has 8 heteroatoms. The molecule has 1 rings (SSSR count). The molecule has 1 N–H and O–H groups in total. The van der Waals surface area contributed by atoms with Crippen LogP contribution in [0.3, 0.4) is 0 Å². The number of hydrogen-bond donors (Lipinski definition) is 1. The first-order valence-electron chi connectivity index (χ1n) is 12.2. The molecular formula is C24H46O7Si. The van der Waals surface area contributed by atoms with Gasteiger partial charge in [-0.3, -0.25) is 9.59 Å². The Hall–Kier alpha value is -0.963. The van der Waals surface area contributed by atoms with E-state index < -0.39 is 32.9 Å². The summed E-state index contributed by atoms with van der Waals surface area (Å²) >= 11 is 0. The van der Waals surface area contributed by atoms with E-state index in [9.17, 15) is 14.7 Å². The second kappa shape index (κ2) is 12.5. The Bertz CT molecular complexity index is 594. The van der Waals surface area contributed by atoms with Gasteiger partial charge in [-0.05, 0) is 43.8 Å². The van der Waals surface area contributed by atoms with Gasteiger partial charge in [-0.1, -0.05) is 48.5 Å². The molecule has 32 heavy (non-hydrogen) atoms. The lowest BCUT2D eigenvalue weighted by Crippen LogP contribution is -2.57. The van der Waals surface area contributed by atoms with Crippen LogP contribution in [0.4, 0.5) is 0 Å². The standard InChI is InChI=1S/C24H46O7Si/c1-10-16(11-2)22(26)28-15-19-21(30-23(27)17(12-3)13-4)18(14-20(25)29-19)31-32(8,9)24(5,6)7/h16-21,25H,10-15H2,1-9H3/t18-,19-,20?,21+/m1/s1. The molecule has 0 aromatic heterocycles. The van der Waals surface area contributed by atoms with Crippen LogP contribution >= 0.6 is 0 Å². The molecule has 1 aliphatic rings. The number of carbonyl (C=O) groups excluding carboxylic acids is 2. The predicted octanol–water partition coefficient (Wildman–Crippen LogP) is 4.81. The number of ether oxygens (including phenoxy) is 3. The minimum Gasteiger partial charge on any atom is -0.463 e. The third-order valence-electron chi connectivity index (χ3n) is 7.03. The van der Waals surface area contributed by atoms with Crippen LogP contribution in [-0.4, -0.2) is 56.6 Å². The van der Waals surface area contributed by atoms with E-state index in [4.69, 9.17) is 18.6 Å². The summed E-state index contributed by atoms with van der Waals surface area (Å²) in [6, 6.07) is 0. The summed E-state index contributed by atoms with van der Waals surface area (Å²) in [5.41, 5.74) is 0. The van der Waals surface area contributed by atoms with Gasteiger partial charge >= 0.3 is 11.9 Å². The van der Waals surface area contributed by atoms with Gasteiger partial charge in [0.05, 0.1) is 17.9 Å². The zero-order chi connectivity index (χ0) is 24.7. The smallest absolute Gasteiger partial charge is 0.309 e. The van der Waals surface area contributed by atoms with Gasteiger partial charge in [-0.2, -0.15) is 0 Å². The van der Waals surface area contributed by atoms with Crippen LogP contribution in [-0.2, 0) is 28.2 Å². The number of aliphatic hydroxyl groups is 1. The number of esters is 2. The molecular weight excluding hydrogens is 428 g/mol. The summed E-state index contributed by atoms with van der Waals surface area (Å²) in [7, 11) is -2.23. The van der Waals surface area contributed by atoms with Crippen molar-refractivity contribution in [3.05, 3.63) is 0 Å². The van der Waals surface area contributed by atoms with Gasteiger partial charge in [-0.15, -0.1) is 0 Å². The molecule has 0 spiro atoms. The van der Waals surface area contributed by atoms with E-state index >= 15 is 0 Å². The van der Waals surface area contributed by atoms with Crippen molar-refractivity contribution < 1.29 is 33.3 Å². The highest BCUT2D eigenvalue weighted by Crippen LogP contribution is 2.40. The minimum atomic E-state index is -2.23. The van der Waals surface area contributed by atoms with Gasteiger partial charge < -0.3 is 23.7 Å². The molecule has 1 fully saturated rings. The van der Waals surface area contributed by atoms with Crippen LogP contribution < -0.4 is 0 Å². The topological polar surface area (TPSA) is 91.3 Å². The van der Waals surface area contributed by atoms with E-state index in [2.05, 4.69) is 33.9 Å². The van der Waals surface area contributed by atoms with Crippen molar-refractivity contribution in [2.45, 2.75) is 123 Å². The molecule has 4 atom stereocenters. The fraction of sp³-hybridized carbons (Fsp3) is 0.917. The van der Waals surface area contributed by atoms with E-state index in [1.807, 2.05) is 27.7 Å². The summed E-state index contributed by atoms with van der Waals surface area (Å²) in [6.45, 7) is 18.3. The first kappa shape index (κ1) is 29.1. The average molecular weight is 475 g/mol. The van der Waals surface area contributed by atoms with E-state index in [1.165, 1.54) is 0 Å². The highest BCUT2D eigenvalue weighted by Gasteiger charge is 2.48. The number of aliphatic hydroxyl groups excluding tert-OH is 1. The normalized spacial score (nSPS) is 24.6. The molecule has 0 aromatic carbocycles. The van der Waals surface area contributed by atoms with Crippen molar-refractivity contribution in [2.75, 3.05) is 6.61 Å². The van der Waals surface area contributed by atoms with Gasteiger partial charge in [-0.25, -0.2) is 0 Å². The number of rotatable bonds is 11. The van der Waals surface area contributed by atoms with Crippen LogP contribution in [0.15, 0.2) is 0 Å². The van der Waals surface area contributed by atoms with Gasteiger partial charge in [0.1, 0.15) is 12.7 Å². The second-order valence-corrected chi connectivity index (χ2v) is 15.1. The van der Waals surface area contributed by atoms with Crippen molar-refractivity contribution >= 4 is 20.3 Å². The Balaban J connectivity index is 3.14. The van der Waals surface area contributed by atoms with Gasteiger partial charge in [0.2, 0.25) is 0 Å². The summed E-state index contributed by atoms with van der Waals surface area (Å²) in [6.07, 6.45) is -0.229. The maximum atomic E-state index is 12.9. The second-order valence-electron chi connectivity index (χ2n) is 10.3. The molecule has 1 unspecified atom stereocenters. The first-order chi connectivity index (χ1) is 14.8. The molecule has 1 heterocycles. The molecule has 188 valence electrons. The average Bonchev–Trinajstić information content (AvgIpc) is 2.69. The van der Waals surface area contributed by atoms with E-state index in [0.717, 1.165) is 0 Å². The lowest BCUT2D eigenvalue weighted by Gasteiger charge is -2.45. The maximum absolute atomic E-state index is 12.9. The van der Waals surface area contributed by atoms with E-state index in [0.29, 0.717) is 25.7 Å². The molecule has 0 aliphatic carbocycles. The monoisotopic (exact) mass is 474 g/mol. The van der Waals surface area contributed by atoms with Gasteiger partial charge in [0, 0.05) is 6.42 Å². The van der Waals surface area contributed by atoms with E-state index in [-0.39, 0.29) is 41.8 Å². The summed E-state index contributed by atoms with van der Waals surface area (Å²) in [5.74, 6) is -1.01. The first-order valence-corrected chi connectivity index (χ1v) is 15.1. The van der Waals surface area contributed by atoms with Crippen molar-refractivity contribution in [2.24, 2.45) is 11.8 Å². The predicted molar refractivity (Wildman–Crippen MR) is 127 cm³/mol. The van der Waals surface area contributed by atoms with Crippen LogP contribution in [0.5, 0.6) is 0 Å². The summed E-state index contributed by atoms with van der Waals surface area (Å²) in [5, 5.41) is 10.3. The molecule has 1 aliphatic heterocycles. The lowest BCUT2D eigenvalue weighted by atomic mass is 10.00. The Morgan fingerprint density at radius 2 is 1.50 bits per heavy atom. The zero-order valence-corrected chi connectivity index (χ0v) is 22.6. The van der Waals surface area contributed by atoms with Crippen molar-refractivity contribution in [3.8, 4) is 0 Å². The van der Waals surface area contributed by atoms with Crippen LogP contribution in [0.25, 0.3) is 0 Å². The SMILES string of the molecule is CCC(CC)C(=O)OC[C@H]1OC(O)C[C@@H](O[Si](C)(C)C(C)(C)C)[C@@H]1OC(=O)C(CC)CC. The molecule has 0 aromatic rings. The maximum Gasteiger partial charge on any atom is 0.309 e. The summed E-state index contributed by atoms with van der Waals surface area (Å²) < 4.78 is 23.8. The van der Waals surface area contributed by atoms with Crippen LogP contribution in [0.1, 0.15) is 80.6 Å². The van der Waals surface area contributed by atoms with Crippen molar-refractivity contribution in [1.82, 2.24) is 0 Å². The summed E-state index contributed by atoms with van der Waals surface area (Å²) in [4.78, 5) is 25.3. The third-order valence-corrected chi connectivity index (χ3v) is 11.5. The Morgan fingerprint density at radius 1 is 1.00 bits per heavy atom. The van der Waals surface area contributed by atoms with Crippen molar-refractivity contribution in [3.63, 3.8) is 0 Å². The highest BCUT2D eigenvalue weighted by molar-refractivity contribution is 6.74. The fourth-order valence-corrected chi connectivity index (χ4v) is 4.96. The molecule has 0 radical (unpaired) electrons. The Morgan fingerprint density at radius 3 is 1.97 bits per heavy atom. The lowest BCUT2D eigenvalue weighted by molar-refractivity contribution is -0.248. The minimum absolute atomic E-state index is 0.0579. The highest BCUT2D eigenvalue weighted by atomic mass is 28.4. The van der Waals surface area contributed by atoms with Gasteiger partial charge in [0.15, 0.2) is 20.7 Å². The fourth-order valence-electron chi connectivity index (χ4n) is 3.62. The Labute approximate surface area is 195 Å².